The minimum atomic E-state index is -0.179. The molecule has 0 N–H and O–H groups in total. The molecule has 0 radical (unpaired) electrons. The van der Waals surface area contributed by atoms with Crippen molar-refractivity contribution in [2.75, 3.05) is 0 Å². The van der Waals surface area contributed by atoms with E-state index in [0.717, 1.165) is 18.4 Å². The fraction of sp³-hybridized carbons (Fsp3) is 0.588. The van der Waals surface area contributed by atoms with Crippen LogP contribution < -0.4 is 0 Å². The maximum atomic E-state index is 12.4. The third kappa shape index (κ3) is 1.87. The number of fused-ring (bicyclic) bond motifs is 2. The molecule has 1 aliphatic carbocycles. The van der Waals surface area contributed by atoms with Gasteiger partial charge < -0.3 is 0 Å². The van der Waals surface area contributed by atoms with Gasteiger partial charge in [0, 0.05) is 6.42 Å². The van der Waals surface area contributed by atoms with E-state index in [4.69, 9.17) is 4.84 Å². The normalized spacial score (nSPS) is 31.6. The molecule has 1 aromatic rings. The summed E-state index contributed by atoms with van der Waals surface area (Å²) in [5.41, 5.74) is 1.04. The molecule has 3 heteroatoms. The minimum absolute atomic E-state index is 0.123. The Bertz CT molecular complexity index is 511. The number of benzene rings is 1. The van der Waals surface area contributed by atoms with Gasteiger partial charge in [0.1, 0.15) is 6.61 Å². The summed E-state index contributed by atoms with van der Waals surface area (Å²) in [6, 6.07) is 10.0. The first kappa shape index (κ1) is 13.6. The van der Waals surface area contributed by atoms with E-state index >= 15 is 0 Å². The molecular formula is C17H23NO2. The summed E-state index contributed by atoms with van der Waals surface area (Å²) in [5, 5.41) is 1.68. The Morgan fingerprint density at radius 3 is 2.65 bits per heavy atom. The van der Waals surface area contributed by atoms with Gasteiger partial charge in [0.05, 0.1) is 5.54 Å². The van der Waals surface area contributed by atoms with Gasteiger partial charge in [-0.05, 0) is 36.7 Å². The van der Waals surface area contributed by atoms with E-state index < -0.39 is 0 Å². The van der Waals surface area contributed by atoms with Crippen LogP contribution in [0.15, 0.2) is 30.3 Å². The molecule has 0 unspecified atom stereocenters. The summed E-state index contributed by atoms with van der Waals surface area (Å²) in [6.45, 7) is 7.18. The minimum Gasteiger partial charge on any atom is -0.273 e. The molecule has 20 heavy (non-hydrogen) atoms. The number of rotatable bonds is 3. The molecule has 2 aliphatic rings. The lowest BCUT2D eigenvalue weighted by atomic mass is 9.67. The van der Waals surface area contributed by atoms with Gasteiger partial charge in [0.15, 0.2) is 0 Å². The molecular weight excluding hydrogens is 250 g/mol. The first-order valence-electron chi connectivity index (χ1n) is 7.45. The molecule has 1 aliphatic heterocycles. The lowest BCUT2D eigenvalue weighted by molar-refractivity contribution is -0.253. The number of amides is 1. The van der Waals surface area contributed by atoms with Gasteiger partial charge in [-0.25, -0.2) is 5.06 Å². The number of piperidine rings is 1. The van der Waals surface area contributed by atoms with Crippen LogP contribution in [0.25, 0.3) is 0 Å². The summed E-state index contributed by atoms with van der Waals surface area (Å²) < 4.78 is 0. The first-order chi connectivity index (χ1) is 9.45. The molecule has 1 saturated heterocycles. The van der Waals surface area contributed by atoms with E-state index in [1.165, 1.54) is 0 Å². The van der Waals surface area contributed by atoms with Crippen LogP contribution in [0.4, 0.5) is 0 Å². The van der Waals surface area contributed by atoms with Crippen molar-refractivity contribution in [2.24, 2.45) is 11.3 Å². The van der Waals surface area contributed by atoms with E-state index in [1.54, 1.807) is 5.06 Å². The molecule has 0 spiro atoms. The van der Waals surface area contributed by atoms with Crippen molar-refractivity contribution in [2.45, 2.75) is 52.2 Å². The van der Waals surface area contributed by atoms with E-state index in [9.17, 15) is 4.79 Å². The predicted molar refractivity (Wildman–Crippen MR) is 77.6 cm³/mol. The number of carbonyl (C=O) groups excluding carboxylic acids is 1. The largest absolute Gasteiger partial charge is 0.273 e. The molecule has 108 valence electrons. The van der Waals surface area contributed by atoms with Gasteiger partial charge in [-0.2, -0.15) is 0 Å². The summed E-state index contributed by atoms with van der Waals surface area (Å²) >= 11 is 0. The highest BCUT2D eigenvalue weighted by atomic mass is 16.7. The fourth-order valence-corrected chi connectivity index (χ4v) is 3.80. The zero-order chi connectivity index (χ0) is 14.4. The summed E-state index contributed by atoms with van der Waals surface area (Å²) in [4.78, 5) is 18.3. The van der Waals surface area contributed by atoms with Crippen molar-refractivity contribution in [3.8, 4) is 0 Å². The summed E-state index contributed by atoms with van der Waals surface area (Å²) in [6.07, 6.45) is 2.78. The molecule has 3 nitrogen and oxygen atoms in total. The smallest absolute Gasteiger partial charge is 0.246 e. The number of carbonyl (C=O) groups is 1. The molecule has 1 saturated carbocycles. The molecule has 1 aromatic carbocycles. The van der Waals surface area contributed by atoms with E-state index in [-0.39, 0.29) is 16.9 Å². The average Bonchev–Trinajstić information content (AvgIpc) is 2.57. The molecule has 3 rings (SSSR count). The van der Waals surface area contributed by atoms with Crippen LogP contribution in [0.5, 0.6) is 0 Å². The molecule has 2 bridgehead atoms. The lowest BCUT2D eigenvalue weighted by Crippen LogP contribution is -2.60. The highest BCUT2D eigenvalue weighted by Gasteiger charge is 2.60. The number of hydrogen-bond acceptors (Lipinski definition) is 2. The number of nitrogens with zero attached hydrogens (tertiary/aromatic N) is 1. The maximum Gasteiger partial charge on any atom is 0.246 e. The van der Waals surface area contributed by atoms with Gasteiger partial charge in [-0.15, -0.1) is 0 Å². The second-order valence-electron chi connectivity index (χ2n) is 6.88. The topological polar surface area (TPSA) is 29.5 Å². The van der Waals surface area contributed by atoms with Crippen LogP contribution in [-0.4, -0.2) is 16.5 Å². The quantitative estimate of drug-likeness (QED) is 0.843. The van der Waals surface area contributed by atoms with Crippen molar-refractivity contribution < 1.29 is 9.63 Å². The van der Waals surface area contributed by atoms with Crippen molar-refractivity contribution in [1.29, 1.82) is 0 Å². The predicted octanol–water partition coefficient (Wildman–Crippen LogP) is 3.55. The zero-order valence-electron chi connectivity index (χ0n) is 12.6. The van der Waals surface area contributed by atoms with E-state index in [2.05, 4.69) is 20.8 Å². The van der Waals surface area contributed by atoms with Gasteiger partial charge in [-0.1, -0.05) is 44.2 Å². The van der Waals surface area contributed by atoms with Gasteiger partial charge in [0.25, 0.3) is 0 Å². The Labute approximate surface area is 120 Å². The second kappa shape index (κ2) is 4.59. The Morgan fingerprint density at radius 1 is 1.25 bits per heavy atom. The Balaban J connectivity index is 1.79. The highest BCUT2D eigenvalue weighted by Crippen LogP contribution is 2.57. The average molecular weight is 273 g/mol. The molecule has 1 amide bonds. The van der Waals surface area contributed by atoms with Crippen molar-refractivity contribution in [1.82, 2.24) is 5.06 Å². The van der Waals surface area contributed by atoms with Crippen LogP contribution in [0, 0.1) is 11.3 Å². The van der Waals surface area contributed by atoms with E-state index in [1.807, 2.05) is 30.3 Å². The summed E-state index contributed by atoms with van der Waals surface area (Å²) in [5.74, 6) is 0.641. The van der Waals surface area contributed by atoms with Gasteiger partial charge in [-0.3, -0.25) is 9.63 Å². The van der Waals surface area contributed by atoms with Crippen LogP contribution in [0.2, 0.25) is 0 Å². The van der Waals surface area contributed by atoms with Crippen LogP contribution in [0.1, 0.15) is 45.6 Å². The van der Waals surface area contributed by atoms with Gasteiger partial charge >= 0.3 is 0 Å². The molecule has 0 aromatic heterocycles. The van der Waals surface area contributed by atoms with Crippen molar-refractivity contribution >= 4 is 5.91 Å². The number of hydrogen-bond donors (Lipinski definition) is 0. The summed E-state index contributed by atoms with van der Waals surface area (Å²) in [7, 11) is 0. The standard InChI is InChI=1S/C17H23NO2/c1-16(2)14-9-10-17(16,3)18(15(19)11-14)20-12-13-7-5-4-6-8-13/h4-8,14H,9-12H2,1-3H3/t14-,17-/m1/s1. The first-order valence-corrected chi connectivity index (χ1v) is 7.45. The van der Waals surface area contributed by atoms with Crippen LogP contribution in [-0.2, 0) is 16.2 Å². The Morgan fingerprint density at radius 2 is 1.95 bits per heavy atom. The SMILES string of the molecule is CC1(C)[C@@H]2CC[C@@]1(C)N(OCc1ccccc1)C(=O)C2. The highest BCUT2D eigenvalue weighted by molar-refractivity contribution is 5.78. The van der Waals surface area contributed by atoms with Crippen molar-refractivity contribution in [3.05, 3.63) is 35.9 Å². The zero-order valence-corrected chi connectivity index (χ0v) is 12.6. The third-order valence-corrected chi connectivity index (χ3v) is 5.69. The maximum absolute atomic E-state index is 12.4. The Kier molecular flexibility index (Phi) is 3.13. The molecule has 2 fully saturated rings. The van der Waals surface area contributed by atoms with Gasteiger partial charge in [0.2, 0.25) is 5.91 Å². The van der Waals surface area contributed by atoms with E-state index in [0.29, 0.717) is 18.9 Å². The lowest BCUT2D eigenvalue weighted by Gasteiger charge is -2.51. The monoisotopic (exact) mass is 273 g/mol. The fourth-order valence-electron chi connectivity index (χ4n) is 3.80. The molecule has 2 atom stereocenters. The second-order valence-corrected chi connectivity index (χ2v) is 6.88. The van der Waals surface area contributed by atoms with Crippen LogP contribution in [0.3, 0.4) is 0 Å². The van der Waals surface area contributed by atoms with Crippen molar-refractivity contribution in [3.63, 3.8) is 0 Å². The number of hydroxylamine groups is 2. The third-order valence-electron chi connectivity index (χ3n) is 5.69. The van der Waals surface area contributed by atoms with Crippen LogP contribution >= 0.6 is 0 Å². The molecule has 1 heterocycles. The Hall–Kier alpha value is -1.35.